The van der Waals surface area contributed by atoms with Gasteiger partial charge in [-0.25, -0.2) is 4.98 Å². The third-order valence-electron chi connectivity index (χ3n) is 2.34. The van der Waals surface area contributed by atoms with Gasteiger partial charge in [-0.05, 0) is 26.1 Å². The Morgan fingerprint density at radius 2 is 2.38 bits per heavy atom. The van der Waals surface area contributed by atoms with Gasteiger partial charge in [0.15, 0.2) is 11.7 Å². The van der Waals surface area contributed by atoms with E-state index < -0.39 is 0 Å². The molecule has 0 amide bonds. The zero-order valence-electron chi connectivity index (χ0n) is 9.60. The van der Waals surface area contributed by atoms with Crippen LogP contribution in [-0.4, -0.2) is 28.4 Å². The van der Waals surface area contributed by atoms with E-state index in [0.717, 1.165) is 36.7 Å². The number of nitrogens with one attached hydrogen (secondary N) is 1. The number of oxazole rings is 1. The SMILES string of the molecule is CNCCCc1ncc(-c2ccn(C)n2)o1. The highest BCUT2D eigenvalue weighted by atomic mass is 16.4. The second kappa shape index (κ2) is 4.94. The molecule has 0 unspecified atom stereocenters. The third-order valence-corrected chi connectivity index (χ3v) is 2.34. The normalized spacial score (nSPS) is 10.9. The van der Waals surface area contributed by atoms with Crippen LogP contribution in [0.25, 0.3) is 11.5 Å². The summed E-state index contributed by atoms with van der Waals surface area (Å²) in [7, 11) is 3.82. The summed E-state index contributed by atoms with van der Waals surface area (Å²) in [5.41, 5.74) is 0.829. The standard InChI is InChI=1S/C11H16N4O/c1-12-6-3-4-11-13-8-10(16-11)9-5-7-15(2)14-9/h5,7-8,12H,3-4,6H2,1-2H3. The number of hydrogen-bond donors (Lipinski definition) is 1. The van der Waals surface area contributed by atoms with Crippen LogP contribution in [0.15, 0.2) is 22.9 Å². The predicted molar refractivity (Wildman–Crippen MR) is 61.0 cm³/mol. The molecule has 2 rings (SSSR count). The summed E-state index contributed by atoms with van der Waals surface area (Å²) < 4.78 is 7.36. The molecule has 0 saturated carbocycles. The van der Waals surface area contributed by atoms with Crippen molar-refractivity contribution in [3.63, 3.8) is 0 Å². The molecule has 2 heterocycles. The van der Waals surface area contributed by atoms with Gasteiger partial charge >= 0.3 is 0 Å². The highest BCUT2D eigenvalue weighted by Gasteiger charge is 2.08. The van der Waals surface area contributed by atoms with Gasteiger partial charge in [-0.15, -0.1) is 0 Å². The summed E-state index contributed by atoms with van der Waals surface area (Å²) in [6.07, 6.45) is 5.50. The van der Waals surface area contributed by atoms with E-state index in [1.54, 1.807) is 10.9 Å². The highest BCUT2D eigenvalue weighted by Crippen LogP contribution is 2.18. The lowest BCUT2D eigenvalue weighted by Crippen LogP contribution is -2.08. The minimum absolute atomic E-state index is 0.736. The molecule has 0 saturated heterocycles. The fourth-order valence-electron chi connectivity index (χ4n) is 1.51. The average Bonchev–Trinajstić information content (AvgIpc) is 2.87. The first-order chi connectivity index (χ1) is 7.79. The molecule has 5 heteroatoms. The van der Waals surface area contributed by atoms with E-state index in [2.05, 4.69) is 15.4 Å². The second-order valence-electron chi connectivity index (χ2n) is 3.70. The number of aryl methyl sites for hydroxylation is 2. The smallest absolute Gasteiger partial charge is 0.195 e. The van der Waals surface area contributed by atoms with Crippen molar-refractivity contribution in [2.24, 2.45) is 7.05 Å². The molecule has 0 bridgehead atoms. The summed E-state index contributed by atoms with van der Waals surface area (Å²) in [5.74, 6) is 1.51. The molecule has 0 spiro atoms. The molecule has 5 nitrogen and oxygen atoms in total. The van der Waals surface area contributed by atoms with E-state index in [0.29, 0.717) is 0 Å². The Bertz CT molecular complexity index is 446. The molecule has 0 aliphatic rings. The first kappa shape index (κ1) is 10.9. The van der Waals surface area contributed by atoms with Crippen molar-refractivity contribution in [1.29, 1.82) is 0 Å². The topological polar surface area (TPSA) is 55.9 Å². The zero-order valence-corrected chi connectivity index (χ0v) is 9.60. The molecular weight excluding hydrogens is 204 g/mol. The quantitative estimate of drug-likeness (QED) is 0.770. The van der Waals surface area contributed by atoms with Crippen molar-refractivity contribution < 1.29 is 4.42 Å². The summed E-state index contributed by atoms with van der Waals surface area (Å²) in [4.78, 5) is 4.23. The highest BCUT2D eigenvalue weighted by molar-refractivity contribution is 5.49. The van der Waals surface area contributed by atoms with Crippen LogP contribution in [-0.2, 0) is 13.5 Å². The van der Waals surface area contributed by atoms with Gasteiger partial charge in [-0.3, -0.25) is 4.68 Å². The molecule has 0 fully saturated rings. The van der Waals surface area contributed by atoms with E-state index in [1.807, 2.05) is 26.4 Å². The Balaban J connectivity index is 2.02. The van der Waals surface area contributed by atoms with Crippen LogP contribution in [0.3, 0.4) is 0 Å². The van der Waals surface area contributed by atoms with Crippen molar-refractivity contribution in [3.8, 4) is 11.5 Å². The fraction of sp³-hybridized carbons (Fsp3) is 0.455. The lowest BCUT2D eigenvalue weighted by atomic mass is 10.3. The van der Waals surface area contributed by atoms with Gasteiger partial charge in [0.05, 0.1) is 6.20 Å². The van der Waals surface area contributed by atoms with Crippen LogP contribution in [0, 0.1) is 0 Å². The van der Waals surface area contributed by atoms with Crippen LogP contribution < -0.4 is 5.32 Å². The molecule has 0 aliphatic heterocycles. The van der Waals surface area contributed by atoms with Crippen molar-refractivity contribution in [1.82, 2.24) is 20.1 Å². The maximum absolute atomic E-state index is 5.61. The zero-order chi connectivity index (χ0) is 11.4. The van der Waals surface area contributed by atoms with Crippen LogP contribution in [0.4, 0.5) is 0 Å². The Morgan fingerprint density at radius 3 is 3.06 bits per heavy atom. The largest absolute Gasteiger partial charge is 0.439 e. The first-order valence-corrected chi connectivity index (χ1v) is 5.39. The van der Waals surface area contributed by atoms with E-state index in [4.69, 9.17) is 4.42 Å². The van der Waals surface area contributed by atoms with E-state index in [-0.39, 0.29) is 0 Å². The van der Waals surface area contributed by atoms with Gasteiger partial charge in [0.2, 0.25) is 0 Å². The van der Waals surface area contributed by atoms with Gasteiger partial charge in [0, 0.05) is 19.7 Å². The van der Waals surface area contributed by atoms with Crippen molar-refractivity contribution in [3.05, 3.63) is 24.4 Å². The minimum atomic E-state index is 0.736. The summed E-state index contributed by atoms with van der Waals surface area (Å²) in [6, 6.07) is 1.91. The van der Waals surface area contributed by atoms with E-state index in [9.17, 15) is 0 Å². The summed E-state index contributed by atoms with van der Waals surface area (Å²) in [5, 5.41) is 7.36. The van der Waals surface area contributed by atoms with Crippen molar-refractivity contribution >= 4 is 0 Å². The molecule has 2 aromatic heterocycles. The minimum Gasteiger partial charge on any atom is -0.439 e. The van der Waals surface area contributed by atoms with Crippen LogP contribution in [0.2, 0.25) is 0 Å². The van der Waals surface area contributed by atoms with E-state index >= 15 is 0 Å². The van der Waals surface area contributed by atoms with Gasteiger partial charge < -0.3 is 9.73 Å². The maximum atomic E-state index is 5.61. The number of nitrogens with zero attached hydrogens (tertiary/aromatic N) is 3. The van der Waals surface area contributed by atoms with Gasteiger partial charge in [-0.2, -0.15) is 5.10 Å². The Hall–Kier alpha value is -1.62. The molecule has 2 aromatic rings. The number of hydrogen-bond acceptors (Lipinski definition) is 4. The Kier molecular flexibility index (Phi) is 3.36. The van der Waals surface area contributed by atoms with Crippen molar-refractivity contribution in [2.75, 3.05) is 13.6 Å². The lowest BCUT2D eigenvalue weighted by molar-refractivity contribution is 0.493. The molecule has 0 aliphatic carbocycles. The number of rotatable bonds is 5. The molecule has 1 N–H and O–H groups in total. The lowest BCUT2D eigenvalue weighted by Gasteiger charge is -1.95. The monoisotopic (exact) mass is 220 g/mol. The fourth-order valence-corrected chi connectivity index (χ4v) is 1.51. The van der Waals surface area contributed by atoms with Crippen LogP contribution >= 0.6 is 0 Å². The Morgan fingerprint density at radius 1 is 1.50 bits per heavy atom. The molecule has 0 atom stereocenters. The van der Waals surface area contributed by atoms with Gasteiger partial charge in [0.1, 0.15) is 5.69 Å². The maximum Gasteiger partial charge on any atom is 0.195 e. The van der Waals surface area contributed by atoms with Gasteiger partial charge in [0.25, 0.3) is 0 Å². The molecule has 0 radical (unpaired) electrons. The third kappa shape index (κ3) is 2.49. The van der Waals surface area contributed by atoms with Gasteiger partial charge in [-0.1, -0.05) is 0 Å². The average molecular weight is 220 g/mol. The number of aromatic nitrogens is 3. The van der Waals surface area contributed by atoms with E-state index in [1.165, 1.54) is 0 Å². The van der Waals surface area contributed by atoms with Crippen LogP contribution in [0.5, 0.6) is 0 Å². The Labute approximate surface area is 94.5 Å². The summed E-state index contributed by atoms with van der Waals surface area (Å²) in [6.45, 7) is 0.974. The molecule has 86 valence electrons. The summed E-state index contributed by atoms with van der Waals surface area (Å²) >= 11 is 0. The van der Waals surface area contributed by atoms with Crippen molar-refractivity contribution in [2.45, 2.75) is 12.8 Å². The second-order valence-corrected chi connectivity index (χ2v) is 3.70. The first-order valence-electron chi connectivity index (χ1n) is 5.39. The molecule has 0 aromatic carbocycles. The molecule has 16 heavy (non-hydrogen) atoms. The molecular formula is C11H16N4O. The van der Waals surface area contributed by atoms with Crippen LogP contribution in [0.1, 0.15) is 12.3 Å². The predicted octanol–water partition coefficient (Wildman–Crippen LogP) is 1.23.